The van der Waals surface area contributed by atoms with E-state index in [9.17, 15) is 14.7 Å². The van der Waals surface area contributed by atoms with Crippen molar-refractivity contribution in [2.24, 2.45) is 5.41 Å². The van der Waals surface area contributed by atoms with Crippen LogP contribution in [0.2, 0.25) is 0 Å². The van der Waals surface area contributed by atoms with Gasteiger partial charge in [-0.05, 0) is 33.4 Å². The lowest BCUT2D eigenvalue weighted by molar-refractivity contribution is -0.176. The number of esters is 1. The Morgan fingerprint density at radius 1 is 1.19 bits per heavy atom. The van der Waals surface area contributed by atoms with Gasteiger partial charge in [0.05, 0.1) is 0 Å². The van der Waals surface area contributed by atoms with Crippen molar-refractivity contribution in [2.75, 3.05) is 13.6 Å². The highest BCUT2D eigenvalue weighted by Gasteiger charge is 2.48. The third-order valence-electron chi connectivity index (χ3n) is 3.03. The summed E-state index contributed by atoms with van der Waals surface area (Å²) in [6.07, 6.45) is 0.0823. The van der Waals surface area contributed by atoms with E-state index in [2.05, 4.69) is 5.32 Å². The van der Waals surface area contributed by atoms with E-state index in [0.717, 1.165) is 5.56 Å². The molecule has 0 heterocycles. The molecule has 0 aliphatic rings. The summed E-state index contributed by atoms with van der Waals surface area (Å²) in [6.45, 7) is 5.17. The maximum absolute atomic E-state index is 12.5. The highest BCUT2D eigenvalue weighted by atomic mass is 16.6. The van der Waals surface area contributed by atoms with Crippen molar-refractivity contribution in [1.82, 2.24) is 5.32 Å². The van der Waals surface area contributed by atoms with Gasteiger partial charge in [-0.15, -0.1) is 0 Å². The average molecular weight is 293 g/mol. The Morgan fingerprint density at radius 2 is 1.76 bits per heavy atom. The third kappa shape index (κ3) is 4.56. The van der Waals surface area contributed by atoms with Crippen LogP contribution in [0.25, 0.3) is 0 Å². The lowest BCUT2D eigenvalue weighted by Crippen LogP contribution is -2.50. The normalized spacial score (nSPS) is 14.3. The van der Waals surface area contributed by atoms with Gasteiger partial charge < -0.3 is 15.2 Å². The summed E-state index contributed by atoms with van der Waals surface area (Å²) in [4.78, 5) is 24.3. The van der Waals surface area contributed by atoms with Crippen LogP contribution in [-0.4, -0.2) is 36.2 Å². The highest BCUT2D eigenvalue weighted by Crippen LogP contribution is 2.27. The van der Waals surface area contributed by atoms with E-state index >= 15 is 0 Å². The summed E-state index contributed by atoms with van der Waals surface area (Å²) in [5.74, 6) is -1.91. The van der Waals surface area contributed by atoms with Crippen molar-refractivity contribution in [1.29, 1.82) is 0 Å². The van der Waals surface area contributed by atoms with Crippen LogP contribution in [0.1, 0.15) is 26.3 Å². The average Bonchev–Trinajstić information content (AvgIpc) is 2.37. The fourth-order valence-corrected chi connectivity index (χ4v) is 2.07. The standard InChI is InChI=1S/C16H23NO4/c1-15(2,3)21-14(20)16(11-17-4,13(18)19)10-12-8-6-5-7-9-12/h5-9,17H,10-11H2,1-4H3,(H,18,19)/t16-/m1/s1. The molecule has 2 N–H and O–H groups in total. The van der Waals surface area contributed by atoms with Crippen LogP contribution >= 0.6 is 0 Å². The predicted molar refractivity (Wildman–Crippen MR) is 80.0 cm³/mol. The van der Waals surface area contributed by atoms with Gasteiger partial charge in [-0.1, -0.05) is 30.3 Å². The van der Waals surface area contributed by atoms with Crippen LogP contribution in [0.4, 0.5) is 0 Å². The van der Waals surface area contributed by atoms with Crippen molar-refractivity contribution >= 4 is 11.9 Å². The molecule has 0 fully saturated rings. The van der Waals surface area contributed by atoms with Crippen molar-refractivity contribution in [2.45, 2.75) is 32.8 Å². The number of benzene rings is 1. The van der Waals surface area contributed by atoms with E-state index in [4.69, 9.17) is 4.74 Å². The molecule has 1 aromatic carbocycles. The number of carbonyl (C=O) groups excluding carboxylic acids is 1. The van der Waals surface area contributed by atoms with E-state index in [1.165, 1.54) is 0 Å². The van der Waals surface area contributed by atoms with Crippen molar-refractivity contribution < 1.29 is 19.4 Å². The topological polar surface area (TPSA) is 75.6 Å². The number of aliphatic carboxylic acids is 1. The fourth-order valence-electron chi connectivity index (χ4n) is 2.07. The Balaban J connectivity index is 3.15. The number of rotatable bonds is 6. The van der Waals surface area contributed by atoms with Crippen molar-refractivity contribution in [3.8, 4) is 0 Å². The first-order chi connectivity index (χ1) is 9.71. The summed E-state index contributed by atoms with van der Waals surface area (Å²) in [7, 11) is 1.62. The maximum Gasteiger partial charge on any atom is 0.325 e. The van der Waals surface area contributed by atoms with E-state index in [-0.39, 0.29) is 13.0 Å². The number of ether oxygens (including phenoxy) is 1. The van der Waals surface area contributed by atoms with Gasteiger partial charge >= 0.3 is 11.9 Å². The van der Waals surface area contributed by atoms with Gasteiger partial charge in [0.15, 0.2) is 5.41 Å². The van der Waals surface area contributed by atoms with Crippen molar-refractivity contribution in [3.05, 3.63) is 35.9 Å². The SMILES string of the molecule is CNC[C@](Cc1ccccc1)(C(=O)O)C(=O)OC(C)(C)C. The zero-order valence-electron chi connectivity index (χ0n) is 13.0. The summed E-state index contributed by atoms with van der Waals surface area (Å²) in [5, 5.41) is 12.4. The summed E-state index contributed by atoms with van der Waals surface area (Å²) < 4.78 is 5.33. The van der Waals surface area contributed by atoms with Gasteiger partial charge in [-0.2, -0.15) is 0 Å². The van der Waals surface area contributed by atoms with Crippen LogP contribution in [0, 0.1) is 5.41 Å². The molecule has 0 saturated carbocycles. The van der Waals surface area contributed by atoms with Gasteiger partial charge in [-0.25, -0.2) is 0 Å². The van der Waals surface area contributed by atoms with E-state index in [0.29, 0.717) is 0 Å². The molecule has 1 rings (SSSR count). The zero-order valence-corrected chi connectivity index (χ0v) is 13.0. The van der Waals surface area contributed by atoms with Crippen LogP contribution in [0.5, 0.6) is 0 Å². The molecule has 0 unspecified atom stereocenters. The van der Waals surface area contributed by atoms with Crippen molar-refractivity contribution in [3.63, 3.8) is 0 Å². The lowest BCUT2D eigenvalue weighted by atomic mass is 9.81. The number of carbonyl (C=O) groups is 2. The molecule has 0 radical (unpaired) electrons. The molecular formula is C16H23NO4. The minimum absolute atomic E-state index is 0.00609. The molecule has 0 amide bonds. The summed E-state index contributed by atoms with van der Waals surface area (Å²) >= 11 is 0. The van der Waals surface area contributed by atoms with Gasteiger partial charge in [0, 0.05) is 13.0 Å². The van der Waals surface area contributed by atoms with E-state index in [1.54, 1.807) is 40.0 Å². The molecule has 0 saturated heterocycles. The Kier molecular flexibility index (Phi) is 5.49. The Labute approximate surface area is 125 Å². The van der Waals surface area contributed by atoms with E-state index in [1.807, 2.05) is 18.2 Å². The molecule has 1 aromatic rings. The Hall–Kier alpha value is -1.88. The number of hydrogen-bond donors (Lipinski definition) is 2. The van der Waals surface area contributed by atoms with Gasteiger partial charge in [0.2, 0.25) is 0 Å². The predicted octanol–water partition coefficient (Wildman–Crippen LogP) is 1.86. The second-order valence-electron chi connectivity index (χ2n) is 6.08. The van der Waals surface area contributed by atoms with Crippen LogP contribution in [0.3, 0.4) is 0 Å². The van der Waals surface area contributed by atoms with Crippen LogP contribution in [-0.2, 0) is 20.7 Å². The third-order valence-corrected chi connectivity index (χ3v) is 3.03. The molecular weight excluding hydrogens is 270 g/mol. The molecule has 21 heavy (non-hydrogen) atoms. The first-order valence-electron chi connectivity index (χ1n) is 6.87. The zero-order chi connectivity index (χ0) is 16.1. The second-order valence-corrected chi connectivity index (χ2v) is 6.08. The van der Waals surface area contributed by atoms with E-state index < -0.39 is 23.0 Å². The second kappa shape index (κ2) is 6.72. The first kappa shape index (κ1) is 17.2. The van der Waals surface area contributed by atoms with Crippen LogP contribution in [0.15, 0.2) is 30.3 Å². The lowest BCUT2D eigenvalue weighted by Gasteiger charge is -2.31. The highest BCUT2D eigenvalue weighted by molar-refractivity contribution is 6.00. The number of hydrogen-bond acceptors (Lipinski definition) is 4. The molecule has 5 nitrogen and oxygen atoms in total. The molecule has 0 aromatic heterocycles. The fraction of sp³-hybridized carbons (Fsp3) is 0.500. The largest absolute Gasteiger partial charge is 0.480 e. The minimum Gasteiger partial charge on any atom is -0.480 e. The Morgan fingerprint density at radius 3 is 2.19 bits per heavy atom. The monoisotopic (exact) mass is 293 g/mol. The molecule has 0 aliphatic carbocycles. The number of carboxylic acid groups (broad SMARTS) is 1. The summed E-state index contributed by atoms with van der Waals surface area (Å²) in [6, 6.07) is 9.08. The summed E-state index contributed by atoms with van der Waals surface area (Å²) in [5.41, 5.74) is -1.59. The number of carboxylic acids is 1. The molecule has 0 spiro atoms. The molecule has 0 bridgehead atoms. The smallest absolute Gasteiger partial charge is 0.325 e. The number of nitrogens with one attached hydrogen (secondary N) is 1. The van der Waals surface area contributed by atoms with Crippen LogP contribution < -0.4 is 5.32 Å². The van der Waals surface area contributed by atoms with Gasteiger partial charge in [0.25, 0.3) is 0 Å². The first-order valence-corrected chi connectivity index (χ1v) is 6.87. The minimum atomic E-state index is -1.64. The van der Waals surface area contributed by atoms with Gasteiger partial charge in [0.1, 0.15) is 5.60 Å². The maximum atomic E-state index is 12.5. The van der Waals surface area contributed by atoms with Gasteiger partial charge in [-0.3, -0.25) is 9.59 Å². The quantitative estimate of drug-likeness (QED) is 0.618. The molecule has 0 aliphatic heterocycles. The Bertz CT molecular complexity index is 493. The molecule has 116 valence electrons. The molecule has 1 atom stereocenters. The molecule has 5 heteroatoms.